The lowest BCUT2D eigenvalue weighted by molar-refractivity contribution is -0.318. The molecular formula is C5H8F4O5S. The zero-order chi connectivity index (χ0) is 12.3. The summed E-state index contributed by atoms with van der Waals surface area (Å²) in [4.78, 5) is 0. The van der Waals surface area contributed by atoms with E-state index in [2.05, 4.69) is 4.74 Å². The summed E-state index contributed by atoms with van der Waals surface area (Å²) in [7, 11) is -6.27. The van der Waals surface area contributed by atoms with E-state index in [-0.39, 0.29) is 6.42 Å². The molecule has 0 radical (unpaired) electrons. The Balaban J connectivity index is 4.71. The molecular weight excluding hydrogens is 248 g/mol. The van der Waals surface area contributed by atoms with Crippen LogP contribution in [0.3, 0.4) is 0 Å². The lowest BCUT2D eigenvalue weighted by Gasteiger charge is -2.23. The van der Waals surface area contributed by atoms with Crippen LogP contribution in [0.1, 0.15) is 6.42 Å². The van der Waals surface area contributed by atoms with Crippen molar-refractivity contribution >= 4 is 10.1 Å². The summed E-state index contributed by atoms with van der Waals surface area (Å²) in [5, 5.41) is 2.42. The van der Waals surface area contributed by atoms with E-state index in [0.29, 0.717) is 0 Å². The van der Waals surface area contributed by atoms with E-state index in [0.717, 1.165) is 0 Å². The molecule has 0 bridgehead atoms. The Bertz CT molecular complexity index is 301. The van der Waals surface area contributed by atoms with Crippen LogP contribution in [-0.2, 0) is 14.9 Å². The van der Waals surface area contributed by atoms with Gasteiger partial charge in [0.2, 0.25) is 0 Å². The summed E-state index contributed by atoms with van der Waals surface area (Å²) in [6, 6.07) is 0. The molecule has 0 aliphatic carbocycles. The zero-order valence-electron chi connectivity index (χ0n) is 7.16. The molecule has 0 aliphatic rings. The van der Waals surface area contributed by atoms with Crippen molar-refractivity contribution in [2.45, 2.75) is 17.8 Å². The fourth-order valence-corrected chi connectivity index (χ4v) is 0.858. The molecule has 2 N–H and O–H groups in total. The molecule has 0 heterocycles. The number of ether oxygens (including phenoxy) is 1. The van der Waals surface area contributed by atoms with Crippen LogP contribution in [0.25, 0.3) is 0 Å². The summed E-state index contributed by atoms with van der Waals surface area (Å²) in [6.07, 6.45) is -5.73. The van der Waals surface area contributed by atoms with Gasteiger partial charge >= 0.3 is 21.5 Å². The summed E-state index contributed by atoms with van der Waals surface area (Å²) in [5.74, 6) is 0. The molecule has 0 aromatic carbocycles. The van der Waals surface area contributed by atoms with Crippen LogP contribution in [-0.4, -0.2) is 42.7 Å². The van der Waals surface area contributed by atoms with Gasteiger partial charge in [-0.05, 0) is 6.42 Å². The molecule has 0 spiro atoms. The molecule has 0 saturated carbocycles. The van der Waals surface area contributed by atoms with Gasteiger partial charge in [-0.1, -0.05) is 0 Å². The number of alkyl halides is 4. The first-order chi connectivity index (χ1) is 6.56. The van der Waals surface area contributed by atoms with Crippen molar-refractivity contribution in [1.29, 1.82) is 0 Å². The third kappa shape index (κ3) is 3.26. The Kier molecular flexibility index (Phi) is 4.46. The summed E-state index contributed by atoms with van der Waals surface area (Å²) >= 11 is 0. The summed E-state index contributed by atoms with van der Waals surface area (Å²) in [5.41, 5.74) is 0. The fraction of sp³-hybridized carbons (Fsp3) is 1.00. The van der Waals surface area contributed by atoms with Crippen LogP contribution in [0.4, 0.5) is 17.6 Å². The number of hydrogen-bond acceptors (Lipinski definition) is 4. The highest BCUT2D eigenvalue weighted by atomic mass is 32.2. The van der Waals surface area contributed by atoms with E-state index in [1.54, 1.807) is 0 Å². The maximum atomic E-state index is 12.4. The van der Waals surface area contributed by atoms with E-state index in [1.807, 2.05) is 0 Å². The molecule has 0 atom stereocenters. The maximum Gasteiger partial charge on any atom is 0.459 e. The van der Waals surface area contributed by atoms with Crippen LogP contribution >= 0.6 is 0 Å². The minimum atomic E-state index is -6.27. The maximum absolute atomic E-state index is 12.4. The Morgan fingerprint density at radius 1 is 1.20 bits per heavy atom. The SMILES string of the molecule is O=S(=O)(O)C(F)(F)C(F)(F)OCCCO. The van der Waals surface area contributed by atoms with Gasteiger partial charge in [0.15, 0.2) is 0 Å². The Labute approximate surface area is 82.4 Å². The van der Waals surface area contributed by atoms with Crippen molar-refractivity contribution in [2.75, 3.05) is 13.2 Å². The highest BCUT2D eigenvalue weighted by Gasteiger charge is 2.67. The average molecular weight is 256 g/mol. The average Bonchev–Trinajstić information content (AvgIpc) is 2.02. The van der Waals surface area contributed by atoms with Crippen LogP contribution in [0.15, 0.2) is 0 Å². The molecule has 5 nitrogen and oxygen atoms in total. The Morgan fingerprint density at radius 2 is 1.67 bits per heavy atom. The van der Waals surface area contributed by atoms with Crippen molar-refractivity contribution in [3.63, 3.8) is 0 Å². The molecule has 10 heteroatoms. The van der Waals surface area contributed by atoms with E-state index in [1.165, 1.54) is 0 Å². The Morgan fingerprint density at radius 3 is 2.00 bits per heavy atom. The molecule has 0 fully saturated rings. The van der Waals surface area contributed by atoms with E-state index >= 15 is 0 Å². The predicted molar refractivity (Wildman–Crippen MR) is 39.1 cm³/mol. The van der Waals surface area contributed by atoms with Gasteiger partial charge < -0.3 is 9.84 Å². The third-order valence-electron chi connectivity index (χ3n) is 1.25. The first-order valence-electron chi connectivity index (χ1n) is 3.53. The molecule has 0 aromatic rings. The van der Waals surface area contributed by atoms with E-state index < -0.39 is 34.7 Å². The van der Waals surface area contributed by atoms with E-state index in [4.69, 9.17) is 9.66 Å². The molecule has 92 valence electrons. The summed E-state index contributed by atoms with van der Waals surface area (Å²) in [6.45, 7) is -1.57. The largest absolute Gasteiger partial charge is 0.459 e. The van der Waals surface area contributed by atoms with Crippen LogP contribution < -0.4 is 0 Å². The van der Waals surface area contributed by atoms with Crippen LogP contribution in [0.2, 0.25) is 0 Å². The standard InChI is InChI=1S/C5H8F4O5S/c6-4(7,14-3-1-2-10)5(8,9)15(11,12)13/h10H,1-3H2,(H,11,12,13). The number of rotatable bonds is 6. The number of aliphatic hydroxyl groups is 1. The topological polar surface area (TPSA) is 83.8 Å². The third-order valence-corrected chi connectivity index (χ3v) is 2.13. The van der Waals surface area contributed by atoms with Crippen molar-refractivity contribution in [1.82, 2.24) is 0 Å². The van der Waals surface area contributed by atoms with Crippen LogP contribution in [0.5, 0.6) is 0 Å². The Hall–Kier alpha value is -0.450. The minimum absolute atomic E-state index is 0.378. The molecule has 15 heavy (non-hydrogen) atoms. The quantitative estimate of drug-likeness (QED) is 0.409. The zero-order valence-corrected chi connectivity index (χ0v) is 7.98. The lowest BCUT2D eigenvalue weighted by atomic mass is 10.5. The first kappa shape index (κ1) is 14.6. The summed E-state index contributed by atoms with van der Waals surface area (Å²) < 4.78 is 80.6. The highest BCUT2D eigenvalue weighted by Crippen LogP contribution is 2.39. The molecule has 0 unspecified atom stereocenters. The minimum Gasteiger partial charge on any atom is -0.396 e. The lowest BCUT2D eigenvalue weighted by Crippen LogP contribution is -2.48. The molecule has 0 aromatic heterocycles. The molecule has 0 amide bonds. The number of halogens is 4. The van der Waals surface area contributed by atoms with Gasteiger partial charge in [-0.15, -0.1) is 0 Å². The van der Waals surface area contributed by atoms with Crippen molar-refractivity contribution in [3.05, 3.63) is 0 Å². The van der Waals surface area contributed by atoms with Gasteiger partial charge in [-0.25, -0.2) is 0 Å². The molecule has 0 rings (SSSR count). The normalized spacial score (nSPS) is 14.3. The monoisotopic (exact) mass is 256 g/mol. The van der Waals surface area contributed by atoms with Gasteiger partial charge in [0.05, 0.1) is 6.61 Å². The van der Waals surface area contributed by atoms with Gasteiger partial charge in [0, 0.05) is 6.61 Å². The van der Waals surface area contributed by atoms with E-state index in [9.17, 15) is 26.0 Å². The van der Waals surface area contributed by atoms with Crippen molar-refractivity contribution < 1.29 is 40.4 Å². The van der Waals surface area contributed by atoms with Crippen LogP contribution in [0, 0.1) is 0 Å². The van der Waals surface area contributed by atoms with Crippen molar-refractivity contribution in [3.8, 4) is 0 Å². The second kappa shape index (κ2) is 4.60. The number of aliphatic hydroxyl groups excluding tert-OH is 1. The first-order valence-corrected chi connectivity index (χ1v) is 4.98. The number of hydrogen-bond donors (Lipinski definition) is 2. The predicted octanol–water partition coefficient (Wildman–Crippen LogP) is 0.459. The fourth-order valence-electron chi connectivity index (χ4n) is 0.499. The van der Waals surface area contributed by atoms with Gasteiger partial charge in [-0.2, -0.15) is 26.0 Å². The second-order valence-corrected chi connectivity index (χ2v) is 3.90. The highest BCUT2D eigenvalue weighted by molar-refractivity contribution is 7.86. The van der Waals surface area contributed by atoms with Gasteiger partial charge in [0.1, 0.15) is 0 Å². The smallest absolute Gasteiger partial charge is 0.396 e. The van der Waals surface area contributed by atoms with Gasteiger partial charge in [0.25, 0.3) is 0 Å². The second-order valence-electron chi connectivity index (χ2n) is 2.43. The molecule has 0 saturated heterocycles. The van der Waals surface area contributed by atoms with Gasteiger partial charge in [-0.3, -0.25) is 4.55 Å². The molecule has 0 aliphatic heterocycles. The van der Waals surface area contributed by atoms with Crippen molar-refractivity contribution in [2.24, 2.45) is 0 Å².